The van der Waals surface area contributed by atoms with Crippen LogP contribution in [0.4, 0.5) is 5.69 Å². The van der Waals surface area contributed by atoms with Gasteiger partial charge in [0.05, 0.1) is 17.7 Å². The fraction of sp³-hybridized carbons (Fsp3) is 0.136. The molecule has 8 nitrogen and oxygen atoms in total. The van der Waals surface area contributed by atoms with E-state index in [9.17, 15) is 9.00 Å². The van der Waals surface area contributed by atoms with Crippen molar-refractivity contribution in [1.29, 1.82) is 0 Å². The first-order valence-corrected chi connectivity index (χ1v) is 10.7. The number of fused-ring (bicyclic) bond motifs is 1. The van der Waals surface area contributed by atoms with Crippen LogP contribution in [0.1, 0.15) is 5.56 Å². The Labute approximate surface area is 180 Å². The second-order valence-electron chi connectivity index (χ2n) is 6.97. The van der Waals surface area contributed by atoms with Gasteiger partial charge < -0.3 is 4.74 Å². The molecule has 0 saturated carbocycles. The highest BCUT2D eigenvalue weighted by Crippen LogP contribution is 2.36. The Kier molecular flexibility index (Phi) is 4.87. The number of rotatable bonds is 5. The molecule has 0 bridgehead atoms. The lowest BCUT2D eigenvalue weighted by molar-refractivity contribution is 0.388. The maximum Gasteiger partial charge on any atom is 0.439 e. The molecule has 9 heteroatoms. The van der Waals surface area contributed by atoms with Crippen molar-refractivity contribution < 1.29 is 13.5 Å². The van der Waals surface area contributed by atoms with Crippen LogP contribution in [0.25, 0.3) is 22.5 Å². The van der Waals surface area contributed by atoms with E-state index in [1.165, 1.54) is 0 Å². The van der Waals surface area contributed by atoms with Crippen molar-refractivity contribution in [3.8, 4) is 28.4 Å². The zero-order valence-electron chi connectivity index (χ0n) is 16.6. The van der Waals surface area contributed by atoms with Gasteiger partial charge in [0.2, 0.25) is 5.88 Å². The third kappa shape index (κ3) is 3.53. The molecule has 1 unspecified atom stereocenters. The molecule has 1 N–H and O–H groups in total. The molecule has 1 aliphatic heterocycles. The summed E-state index contributed by atoms with van der Waals surface area (Å²) in [6.07, 6.45) is 2.50. The lowest BCUT2D eigenvalue weighted by Gasteiger charge is -2.18. The minimum absolute atomic E-state index is 0.340. The molecule has 5 rings (SSSR count). The van der Waals surface area contributed by atoms with E-state index < -0.39 is 16.7 Å². The van der Waals surface area contributed by atoms with E-state index >= 15 is 0 Å². The summed E-state index contributed by atoms with van der Waals surface area (Å²) in [7, 11) is 0.251. The van der Waals surface area contributed by atoms with E-state index in [0.717, 1.165) is 28.8 Å². The fourth-order valence-corrected chi connectivity index (χ4v) is 4.93. The van der Waals surface area contributed by atoms with Crippen LogP contribution >= 0.6 is 0 Å². The number of nitrogens with one attached hydrogen (secondary N) is 1. The third-order valence-electron chi connectivity index (χ3n) is 5.18. The second-order valence-corrected chi connectivity index (χ2v) is 8.38. The van der Waals surface area contributed by atoms with Crippen LogP contribution in [0, 0.1) is 0 Å². The highest BCUT2D eigenvalue weighted by Gasteiger charge is 2.25. The van der Waals surface area contributed by atoms with Crippen molar-refractivity contribution in [2.75, 3.05) is 18.0 Å². The average Bonchev–Trinajstić information content (AvgIpc) is 3.44. The average molecular weight is 434 g/mol. The molecule has 0 fully saturated rings. The van der Waals surface area contributed by atoms with Gasteiger partial charge in [0.15, 0.2) is 16.8 Å². The smallest absolute Gasteiger partial charge is 0.439 e. The summed E-state index contributed by atoms with van der Waals surface area (Å²) in [5, 5.41) is 3.67. The molecule has 3 heterocycles. The predicted octanol–water partition coefficient (Wildman–Crippen LogP) is 3.19. The number of hydrogen-bond donors (Lipinski definition) is 1. The van der Waals surface area contributed by atoms with E-state index in [4.69, 9.17) is 4.74 Å². The molecule has 0 amide bonds. The first-order valence-electron chi connectivity index (χ1n) is 9.62. The van der Waals surface area contributed by atoms with E-state index in [0.29, 0.717) is 28.7 Å². The lowest BCUT2D eigenvalue weighted by Crippen LogP contribution is -2.23. The maximum atomic E-state index is 13.2. The van der Waals surface area contributed by atoms with Crippen molar-refractivity contribution in [2.45, 2.75) is 11.3 Å². The number of anilines is 1. The highest BCUT2D eigenvalue weighted by atomic mass is 32.2. The van der Waals surface area contributed by atoms with Gasteiger partial charge in [-0.15, -0.1) is 0 Å². The van der Waals surface area contributed by atoms with Crippen molar-refractivity contribution in [3.05, 3.63) is 76.9 Å². The third-order valence-corrected chi connectivity index (χ3v) is 6.63. The maximum absolute atomic E-state index is 13.2. The number of aromatic amines is 1. The van der Waals surface area contributed by atoms with Crippen LogP contribution in [0.3, 0.4) is 0 Å². The number of methoxy groups -OCH3 is 1. The Morgan fingerprint density at radius 3 is 2.68 bits per heavy atom. The lowest BCUT2D eigenvalue weighted by atomic mass is 10.0. The predicted molar refractivity (Wildman–Crippen MR) is 116 cm³/mol. The SMILES string of the molecule is COc1ncccc1-c1ccc2c(c1)CCN2S(=O)c1ccc(-c2noc(=O)[nH]2)cc1. The Morgan fingerprint density at radius 2 is 1.94 bits per heavy atom. The summed E-state index contributed by atoms with van der Waals surface area (Å²) >= 11 is 0. The van der Waals surface area contributed by atoms with Crippen LogP contribution in [-0.4, -0.2) is 33.0 Å². The molecule has 0 radical (unpaired) electrons. The van der Waals surface area contributed by atoms with E-state index in [-0.39, 0.29) is 0 Å². The zero-order valence-corrected chi connectivity index (χ0v) is 17.4. The molecule has 2 aromatic heterocycles. The minimum Gasteiger partial charge on any atom is -0.481 e. The number of nitrogens with zero attached hydrogens (tertiary/aromatic N) is 3. The summed E-state index contributed by atoms with van der Waals surface area (Å²) in [5.74, 6) is 0.307. The Hall–Kier alpha value is -3.72. The topological polar surface area (TPSA) is 101 Å². The number of aromatic nitrogens is 3. The fourth-order valence-electron chi connectivity index (χ4n) is 3.70. The number of hydrogen-bond acceptors (Lipinski definition) is 6. The van der Waals surface area contributed by atoms with Crippen molar-refractivity contribution in [1.82, 2.24) is 15.1 Å². The van der Waals surface area contributed by atoms with Crippen molar-refractivity contribution in [3.63, 3.8) is 0 Å². The Balaban J connectivity index is 1.41. The molecule has 0 aliphatic carbocycles. The van der Waals surface area contributed by atoms with Gasteiger partial charge in [0.25, 0.3) is 0 Å². The number of benzene rings is 2. The van der Waals surface area contributed by atoms with Gasteiger partial charge in [-0.05, 0) is 66.1 Å². The number of ether oxygens (including phenoxy) is 1. The van der Waals surface area contributed by atoms with E-state index in [2.05, 4.69) is 25.7 Å². The first kappa shape index (κ1) is 19.3. The summed E-state index contributed by atoms with van der Waals surface area (Å²) < 4.78 is 25.0. The molecule has 4 aromatic rings. The van der Waals surface area contributed by atoms with E-state index in [1.807, 2.05) is 28.6 Å². The van der Waals surface area contributed by atoms with Crippen molar-refractivity contribution in [2.24, 2.45) is 0 Å². The monoisotopic (exact) mass is 434 g/mol. The summed E-state index contributed by atoms with van der Waals surface area (Å²) in [6.45, 7) is 0.661. The van der Waals surface area contributed by atoms with E-state index in [1.54, 1.807) is 37.6 Å². The Bertz CT molecular complexity index is 1330. The van der Waals surface area contributed by atoms with Gasteiger partial charge in [0.1, 0.15) is 0 Å². The van der Waals surface area contributed by atoms with Crippen LogP contribution in [-0.2, 0) is 17.4 Å². The molecule has 0 saturated heterocycles. The quantitative estimate of drug-likeness (QED) is 0.518. The normalized spacial score (nSPS) is 13.8. The Morgan fingerprint density at radius 1 is 1.13 bits per heavy atom. The van der Waals surface area contributed by atoms with Gasteiger partial charge in [-0.25, -0.2) is 14.0 Å². The van der Waals surface area contributed by atoms with Crippen LogP contribution in [0.5, 0.6) is 5.88 Å². The molecular weight excluding hydrogens is 416 g/mol. The molecule has 1 atom stereocenters. The summed E-state index contributed by atoms with van der Waals surface area (Å²) in [4.78, 5) is 18.6. The number of H-pyrrole nitrogens is 1. The van der Waals surface area contributed by atoms with Gasteiger partial charge in [0, 0.05) is 23.9 Å². The molecule has 156 valence electrons. The van der Waals surface area contributed by atoms with Gasteiger partial charge in [-0.1, -0.05) is 11.2 Å². The van der Waals surface area contributed by atoms with Gasteiger partial charge >= 0.3 is 5.76 Å². The molecule has 1 aliphatic rings. The van der Waals surface area contributed by atoms with Crippen molar-refractivity contribution >= 4 is 16.7 Å². The van der Waals surface area contributed by atoms with Crippen LogP contribution in [0.15, 0.2) is 75.0 Å². The van der Waals surface area contributed by atoms with Gasteiger partial charge in [-0.3, -0.25) is 13.8 Å². The summed E-state index contributed by atoms with van der Waals surface area (Å²) in [5.41, 5.74) is 4.71. The standard InChI is InChI=1S/C22H18N4O4S/c1-29-21-18(3-2-11-23-21)15-6-9-19-16(13-15)10-12-26(19)31(28)17-7-4-14(5-8-17)20-24-22(27)30-25-20/h2-9,11,13H,10,12H2,1H3,(H,24,25,27). The molecular formula is C22H18N4O4S. The van der Waals surface area contributed by atoms with Crippen LogP contribution < -0.4 is 14.8 Å². The minimum atomic E-state index is -1.36. The second kappa shape index (κ2) is 7.84. The first-order chi connectivity index (χ1) is 15.1. The molecule has 0 spiro atoms. The largest absolute Gasteiger partial charge is 0.481 e. The molecule has 2 aromatic carbocycles. The molecule has 31 heavy (non-hydrogen) atoms. The zero-order chi connectivity index (χ0) is 21.4. The summed E-state index contributed by atoms with van der Waals surface area (Å²) in [6, 6.07) is 17.0. The van der Waals surface area contributed by atoms with Crippen LogP contribution in [0.2, 0.25) is 0 Å². The van der Waals surface area contributed by atoms with Gasteiger partial charge in [-0.2, -0.15) is 0 Å². The highest BCUT2D eigenvalue weighted by molar-refractivity contribution is 7.86. The number of pyridine rings is 1.